The summed E-state index contributed by atoms with van der Waals surface area (Å²) in [6.45, 7) is -0.239. The predicted molar refractivity (Wildman–Crippen MR) is 140 cm³/mol. The Kier molecular flexibility index (Phi) is 11.3. The summed E-state index contributed by atoms with van der Waals surface area (Å²) in [6.07, 6.45) is -0.948. The molecule has 3 aromatic carbocycles. The van der Waals surface area contributed by atoms with Gasteiger partial charge in [-0.1, -0.05) is 91.0 Å². The van der Waals surface area contributed by atoms with Gasteiger partial charge in [0.05, 0.1) is 31.8 Å². The lowest BCUT2D eigenvalue weighted by molar-refractivity contribution is -0.145. The Bertz CT molecular complexity index is 1140. The van der Waals surface area contributed by atoms with E-state index in [2.05, 4.69) is 10.6 Å². The van der Waals surface area contributed by atoms with Crippen LogP contribution in [0.3, 0.4) is 0 Å². The molecule has 3 aromatic rings. The minimum Gasteiger partial charge on any atom is -0.481 e. The van der Waals surface area contributed by atoms with Crippen LogP contribution in [-0.4, -0.2) is 53.5 Å². The summed E-state index contributed by atoms with van der Waals surface area (Å²) in [6, 6.07) is 24.9. The maximum absolute atomic E-state index is 13.3. The monoisotopic (exact) mass is 520 g/mol. The summed E-state index contributed by atoms with van der Waals surface area (Å²) in [5, 5.41) is 24.8. The fourth-order valence-corrected chi connectivity index (χ4v) is 3.78. The molecular weight excluding hydrogens is 488 g/mol. The molecule has 0 aromatic heterocycles. The van der Waals surface area contributed by atoms with Crippen molar-refractivity contribution in [2.45, 2.75) is 31.7 Å². The molecular formula is C29H32N2O7. The lowest BCUT2D eigenvalue weighted by atomic mass is 9.91. The van der Waals surface area contributed by atoms with Gasteiger partial charge in [0.15, 0.2) is 0 Å². The van der Waals surface area contributed by atoms with E-state index >= 15 is 0 Å². The van der Waals surface area contributed by atoms with Crippen LogP contribution in [-0.2, 0) is 38.7 Å². The Morgan fingerprint density at radius 3 is 1.79 bits per heavy atom. The first-order valence-electron chi connectivity index (χ1n) is 12.2. The van der Waals surface area contributed by atoms with Crippen molar-refractivity contribution in [3.05, 3.63) is 108 Å². The van der Waals surface area contributed by atoms with Crippen LogP contribution in [0.1, 0.15) is 16.7 Å². The molecule has 9 nitrogen and oxygen atoms in total. The molecule has 0 aliphatic rings. The molecule has 0 radical (unpaired) electrons. The van der Waals surface area contributed by atoms with Crippen molar-refractivity contribution in [1.29, 1.82) is 0 Å². The Hall–Kier alpha value is -4.21. The van der Waals surface area contributed by atoms with Gasteiger partial charge in [0.2, 0.25) is 5.91 Å². The molecule has 3 rings (SSSR count). The predicted octanol–water partition coefficient (Wildman–Crippen LogP) is 2.92. The third-order valence-electron chi connectivity index (χ3n) is 5.78. The first kappa shape index (κ1) is 28.4. The average molecular weight is 521 g/mol. The molecule has 200 valence electrons. The van der Waals surface area contributed by atoms with Crippen LogP contribution in [0, 0.1) is 5.92 Å². The van der Waals surface area contributed by atoms with Gasteiger partial charge < -0.3 is 30.3 Å². The summed E-state index contributed by atoms with van der Waals surface area (Å²) < 4.78 is 10.9. The third-order valence-corrected chi connectivity index (χ3v) is 5.78. The van der Waals surface area contributed by atoms with E-state index in [4.69, 9.17) is 9.47 Å². The Morgan fingerprint density at radius 2 is 1.26 bits per heavy atom. The summed E-state index contributed by atoms with van der Waals surface area (Å²) in [4.78, 5) is 38.1. The number of aliphatic hydroxyl groups excluding tert-OH is 1. The quantitative estimate of drug-likeness (QED) is 0.257. The maximum Gasteiger partial charge on any atom is 0.408 e. The van der Waals surface area contributed by atoms with Gasteiger partial charge in [0.1, 0.15) is 12.6 Å². The summed E-state index contributed by atoms with van der Waals surface area (Å²) >= 11 is 0. The van der Waals surface area contributed by atoms with Gasteiger partial charge in [-0.25, -0.2) is 4.79 Å². The van der Waals surface area contributed by atoms with E-state index in [1.165, 1.54) is 0 Å². The topological polar surface area (TPSA) is 134 Å². The molecule has 2 amide bonds. The molecule has 0 fully saturated rings. The number of rotatable bonds is 14. The minimum absolute atomic E-state index is 0.0124. The van der Waals surface area contributed by atoms with Gasteiger partial charge in [-0.15, -0.1) is 0 Å². The summed E-state index contributed by atoms with van der Waals surface area (Å²) in [5.74, 6) is -3.34. The van der Waals surface area contributed by atoms with E-state index in [1.54, 1.807) is 54.6 Å². The van der Waals surface area contributed by atoms with E-state index in [0.29, 0.717) is 5.56 Å². The second kappa shape index (κ2) is 15.1. The van der Waals surface area contributed by atoms with Crippen molar-refractivity contribution in [1.82, 2.24) is 10.6 Å². The van der Waals surface area contributed by atoms with Crippen LogP contribution in [0.15, 0.2) is 91.0 Å². The molecule has 1 unspecified atom stereocenters. The molecule has 0 aliphatic heterocycles. The minimum atomic E-state index is -1.47. The van der Waals surface area contributed by atoms with E-state index in [0.717, 1.165) is 11.1 Å². The van der Waals surface area contributed by atoms with Gasteiger partial charge in [-0.3, -0.25) is 9.59 Å². The number of benzene rings is 3. The number of nitrogens with one attached hydrogen (secondary N) is 2. The molecule has 38 heavy (non-hydrogen) atoms. The average Bonchev–Trinajstić information content (AvgIpc) is 2.94. The highest BCUT2D eigenvalue weighted by molar-refractivity contribution is 5.90. The Balaban J connectivity index is 1.69. The van der Waals surface area contributed by atoms with E-state index < -0.39 is 42.6 Å². The van der Waals surface area contributed by atoms with Gasteiger partial charge >= 0.3 is 12.1 Å². The second-order valence-electron chi connectivity index (χ2n) is 8.71. The molecule has 0 heterocycles. The largest absolute Gasteiger partial charge is 0.481 e. The van der Waals surface area contributed by atoms with Crippen LogP contribution < -0.4 is 10.6 Å². The lowest BCUT2D eigenvalue weighted by Crippen LogP contribution is -2.56. The molecule has 0 saturated carbocycles. The Labute approximate surface area is 221 Å². The highest BCUT2D eigenvalue weighted by atomic mass is 16.5. The number of aliphatic carboxylic acids is 1. The molecule has 0 spiro atoms. The highest BCUT2D eigenvalue weighted by Crippen LogP contribution is 2.15. The molecule has 0 saturated heterocycles. The van der Waals surface area contributed by atoms with Crippen LogP contribution in [0.2, 0.25) is 0 Å². The summed E-state index contributed by atoms with van der Waals surface area (Å²) in [7, 11) is 0. The van der Waals surface area contributed by atoms with E-state index in [9.17, 15) is 24.6 Å². The van der Waals surface area contributed by atoms with Crippen molar-refractivity contribution in [2.24, 2.45) is 5.92 Å². The number of aliphatic hydroxyl groups is 1. The van der Waals surface area contributed by atoms with Crippen molar-refractivity contribution in [3.63, 3.8) is 0 Å². The number of ether oxygens (including phenoxy) is 2. The van der Waals surface area contributed by atoms with E-state index in [1.807, 2.05) is 36.4 Å². The smallest absolute Gasteiger partial charge is 0.408 e. The van der Waals surface area contributed by atoms with Crippen LogP contribution in [0.4, 0.5) is 4.79 Å². The lowest BCUT2D eigenvalue weighted by Gasteiger charge is -2.26. The summed E-state index contributed by atoms with van der Waals surface area (Å²) in [5.41, 5.74) is 2.34. The van der Waals surface area contributed by atoms with Crippen molar-refractivity contribution in [3.8, 4) is 0 Å². The van der Waals surface area contributed by atoms with Crippen LogP contribution >= 0.6 is 0 Å². The molecule has 3 atom stereocenters. The number of carbonyl (C=O) groups excluding carboxylic acids is 2. The van der Waals surface area contributed by atoms with Gasteiger partial charge in [0, 0.05) is 0 Å². The number of alkyl carbamates (subject to hydrolysis) is 1. The fraction of sp³-hybridized carbons (Fsp3) is 0.276. The second-order valence-corrected chi connectivity index (χ2v) is 8.71. The van der Waals surface area contributed by atoms with Gasteiger partial charge in [0.25, 0.3) is 0 Å². The van der Waals surface area contributed by atoms with Crippen molar-refractivity contribution >= 4 is 18.0 Å². The Morgan fingerprint density at radius 1 is 0.737 bits per heavy atom. The van der Waals surface area contributed by atoms with Gasteiger partial charge in [-0.05, 0) is 23.1 Å². The number of hydrogen-bond acceptors (Lipinski definition) is 6. The SMILES string of the molecule is O=C(N[C@H](C(=O)N[C@@H](CO)COCc1ccccc1)C(Cc1ccccc1)C(=O)O)OCc1ccccc1. The molecule has 0 aliphatic carbocycles. The number of carbonyl (C=O) groups is 3. The van der Waals surface area contributed by atoms with E-state index in [-0.39, 0.29) is 26.2 Å². The molecule has 4 N–H and O–H groups in total. The molecule has 0 bridgehead atoms. The van der Waals surface area contributed by atoms with Crippen molar-refractivity contribution in [2.75, 3.05) is 13.2 Å². The zero-order valence-corrected chi connectivity index (χ0v) is 20.9. The first-order chi connectivity index (χ1) is 18.5. The van der Waals surface area contributed by atoms with Crippen LogP contribution in [0.5, 0.6) is 0 Å². The standard InChI is InChI=1S/C29H32N2O7/c32-17-24(20-37-18-22-12-6-2-7-13-22)30-27(33)26(25(28(34)35)16-21-10-4-1-5-11-21)31-29(36)38-19-23-14-8-3-9-15-23/h1-15,24-26,32H,16-20H2,(H,30,33)(H,31,36)(H,34,35)/t24-,25?,26-/m0/s1. The zero-order valence-electron chi connectivity index (χ0n) is 20.9. The number of hydrogen-bond donors (Lipinski definition) is 4. The number of carboxylic acid groups (broad SMARTS) is 1. The maximum atomic E-state index is 13.3. The third kappa shape index (κ3) is 9.34. The number of carboxylic acids is 1. The normalized spacial score (nSPS) is 13.1. The fourth-order valence-electron chi connectivity index (χ4n) is 3.78. The first-order valence-corrected chi connectivity index (χ1v) is 12.2. The van der Waals surface area contributed by atoms with Crippen molar-refractivity contribution < 1.29 is 34.1 Å². The number of amides is 2. The zero-order chi connectivity index (χ0) is 27.2. The molecule has 9 heteroatoms. The highest BCUT2D eigenvalue weighted by Gasteiger charge is 2.36. The van der Waals surface area contributed by atoms with Crippen LogP contribution in [0.25, 0.3) is 0 Å². The van der Waals surface area contributed by atoms with Gasteiger partial charge in [-0.2, -0.15) is 0 Å².